The standard InChI is InChI=1S/C9H13NO4/c1-12-8-4-7(11)3-6(5-14-10)9(8)13-2/h3-4,11H,5,10H2,1-2H3. The first kappa shape index (κ1) is 10.6. The zero-order valence-electron chi connectivity index (χ0n) is 8.11. The Labute approximate surface area is 82.0 Å². The lowest BCUT2D eigenvalue weighted by atomic mass is 10.2. The molecule has 0 saturated carbocycles. The van der Waals surface area contributed by atoms with Gasteiger partial charge in [-0.1, -0.05) is 0 Å². The van der Waals surface area contributed by atoms with Gasteiger partial charge in [-0.2, -0.15) is 0 Å². The molecule has 5 nitrogen and oxygen atoms in total. The molecule has 0 atom stereocenters. The van der Waals surface area contributed by atoms with Crippen LogP contribution in [0.15, 0.2) is 12.1 Å². The summed E-state index contributed by atoms with van der Waals surface area (Å²) in [6.07, 6.45) is 0. The van der Waals surface area contributed by atoms with E-state index in [-0.39, 0.29) is 12.4 Å². The second kappa shape index (κ2) is 4.69. The molecule has 1 aromatic carbocycles. The molecule has 0 bridgehead atoms. The number of benzene rings is 1. The van der Waals surface area contributed by atoms with E-state index in [4.69, 9.17) is 15.4 Å². The van der Waals surface area contributed by atoms with E-state index in [0.29, 0.717) is 17.1 Å². The first-order valence-electron chi connectivity index (χ1n) is 3.98. The fourth-order valence-corrected chi connectivity index (χ4v) is 1.22. The molecule has 0 aromatic heterocycles. The highest BCUT2D eigenvalue weighted by molar-refractivity contribution is 5.51. The van der Waals surface area contributed by atoms with Crippen LogP contribution in [0.4, 0.5) is 0 Å². The van der Waals surface area contributed by atoms with E-state index in [1.54, 1.807) is 0 Å². The Morgan fingerprint density at radius 3 is 2.50 bits per heavy atom. The third-order valence-electron chi connectivity index (χ3n) is 1.78. The van der Waals surface area contributed by atoms with Crippen molar-refractivity contribution in [3.8, 4) is 17.2 Å². The van der Waals surface area contributed by atoms with Gasteiger partial charge in [-0.15, -0.1) is 0 Å². The van der Waals surface area contributed by atoms with Gasteiger partial charge in [0, 0.05) is 11.6 Å². The minimum atomic E-state index is 0.0784. The Morgan fingerprint density at radius 1 is 1.29 bits per heavy atom. The van der Waals surface area contributed by atoms with Crippen molar-refractivity contribution in [3.63, 3.8) is 0 Å². The van der Waals surface area contributed by atoms with Gasteiger partial charge in [0.05, 0.1) is 20.8 Å². The first-order valence-corrected chi connectivity index (χ1v) is 3.98. The molecule has 0 heterocycles. The predicted molar refractivity (Wildman–Crippen MR) is 50.2 cm³/mol. The molecule has 0 radical (unpaired) electrons. The number of methoxy groups -OCH3 is 2. The molecule has 1 aromatic rings. The largest absolute Gasteiger partial charge is 0.508 e. The second-order valence-corrected chi connectivity index (χ2v) is 2.65. The monoisotopic (exact) mass is 199 g/mol. The molecule has 14 heavy (non-hydrogen) atoms. The Kier molecular flexibility index (Phi) is 3.55. The van der Waals surface area contributed by atoms with Crippen LogP contribution >= 0.6 is 0 Å². The van der Waals surface area contributed by atoms with E-state index in [9.17, 15) is 5.11 Å². The number of hydrogen-bond donors (Lipinski definition) is 2. The van der Waals surface area contributed by atoms with Crippen LogP contribution < -0.4 is 15.4 Å². The van der Waals surface area contributed by atoms with Gasteiger partial charge in [0.25, 0.3) is 0 Å². The van der Waals surface area contributed by atoms with Crippen molar-refractivity contribution in [1.82, 2.24) is 0 Å². The minimum Gasteiger partial charge on any atom is -0.508 e. The Morgan fingerprint density at radius 2 is 2.00 bits per heavy atom. The normalized spacial score (nSPS) is 9.93. The molecule has 0 aliphatic rings. The molecule has 0 aliphatic carbocycles. The van der Waals surface area contributed by atoms with Crippen LogP contribution in [0.1, 0.15) is 5.56 Å². The zero-order chi connectivity index (χ0) is 10.6. The maximum absolute atomic E-state index is 9.34. The average molecular weight is 199 g/mol. The summed E-state index contributed by atoms with van der Waals surface area (Å²) in [7, 11) is 3.00. The van der Waals surface area contributed by atoms with Crippen molar-refractivity contribution in [2.45, 2.75) is 6.61 Å². The van der Waals surface area contributed by atoms with Crippen molar-refractivity contribution in [2.75, 3.05) is 14.2 Å². The summed E-state index contributed by atoms with van der Waals surface area (Å²) < 4.78 is 10.1. The molecule has 0 amide bonds. The maximum atomic E-state index is 9.34. The molecule has 5 heteroatoms. The molecular weight excluding hydrogens is 186 g/mol. The van der Waals surface area contributed by atoms with Crippen molar-refractivity contribution in [1.29, 1.82) is 0 Å². The number of phenolic OH excluding ortho intramolecular Hbond substituents is 1. The Hall–Kier alpha value is -1.46. The van der Waals surface area contributed by atoms with Crippen LogP contribution in [0.2, 0.25) is 0 Å². The van der Waals surface area contributed by atoms with Crippen LogP contribution in [0.5, 0.6) is 17.2 Å². The third-order valence-corrected chi connectivity index (χ3v) is 1.78. The molecule has 0 aliphatic heterocycles. The molecule has 78 valence electrons. The second-order valence-electron chi connectivity index (χ2n) is 2.65. The summed E-state index contributed by atoms with van der Waals surface area (Å²) in [6, 6.07) is 2.97. The number of nitrogens with two attached hydrogens (primary N) is 1. The number of aromatic hydroxyl groups is 1. The third kappa shape index (κ3) is 2.07. The van der Waals surface area contributed by atoms with Crippen molar-refractivity contribution in [2.24, 2.45) is 5.90 Å². The molecule has 1 rings (SSSR count). The van der Waals surface area contributed by atoms with E-state index >= 15 is 0 Å². The van der Waals surface area contributed by atoms with Gasteiger partial charge in [-0.25, -0.2) is 5.90 Å². The highest BCUT2D eigenvalue weighted by Crippen LogP contribution is 2.35. The number of ether oxygens (including phenoxy) is 2. The topological polar surface area (TPSA) is 73.9 Å². The van der Waals surface area contributed by atoms with Crippen LogP contribution in [-0.2, 0) is 11.4 Å². The lowest BCUT2D eigenvalue weighted by Crippen LogP contribution is -2.02. The highest BCUT2D eigenvalue weighted by Gasteiger charge is 2.11. The molecule has 3 N–H and O–H groups in total. The van der Waals surface area contributed by atoms with Gasteiger partial charge in [0.1, 0.15) is 5.75 Å². The maximum Gasteiger partial charge on any atom is 0.166 e. The van der Waals surface area contributed by atoms with Gasteiger partial charge < -0.3 is 14.6 Å². The van der Waals surface area contributed by atoms with Gasteiger partial charge >= 0.3 is 0 Å². The van der Waals surface area contributed by atoms with Crippen LogP contribution in [-0.4, -0.2) is 19.3 Å². The molecule has 0 spiro atoms. The highest BCUT2D eigenvalue weighted by atomic mass is 16.6. The van der Waals surface area contributed by atoms with Crippen LogP contribution in [0, 0.1) is 0 Å². The lowest BCUT2D eigenvalue weighted by molar-refractivity contribution is 0.121. The smallest absolute Gasteiger partial charge is 0.166 e. The summed E-state index contributed by atoms with van der Waals surface area (Å²) in [4.78, 5) is 4.48. The molecule has 0 saturated heterocycles. The number of rotatable bonds is 4. The fraction of sp³-hybridized carbons (Fsp3) is 0.333. The summed E-state index contributed by atoms with van der Waals surface area (Å²) in [5.41, 5.74) is 0.631. The van der Waals surface area contributed by atoms with Crippen LogP contribution in [0.3, 0.4) is 0 Å². The molecule has 0 fully saturated rings. The van der Waals surface area contributed by atoms with Gasteiger partial charge in [-0.3, -0.25) is 4.84 Å². The predicted octanol–water partition coefficient (Wildman–Crippen LogP) is 0.800. The van der Waals surface area contributed by atoms with E-state index < -0.39 is 0 Å². The summed E-state index contributed by atoms with van der Waals surface area (Å²) in [5.74, 6) is 5.98. The van der Waals surface area contributed by atoms with E-state index in [0.717, 1.165) is 0 Å². The first-order chi connectivity index (χ1) is 6.72. The molecular formula is C9H13NO4. The van der Waals surface area contributed by atoms with Crippen LogP contribution in [0.25, 0.3) is 0 Å². The van der Waals surface area contributed by atoms with E-state index in [1.165, 1.54) is 26.4 Å². The van der Waals surface area contributed by atoms with E-state index in [1.807, 2.05) is 0 Å². The van der Waals surface area contributed by atoms with Crippen molar-refractivity contribution < 1.29 is 19.4 Å². The van der Waals surface area contributed by atoms with Gasteiger partial charge in [0.15, 0.2) is 11.5 Å². The SMILES string of the molecule is COc1cc(O)cc(CON)c1OC. The summed E-state index contributed by atoms with van der Waals surface area (Å²) in [5, 5.41) is 9.34. The van der Waals surface area contributed by atoms with Gasteiger partial charge in [-0.05, 0) is 6.07 Å². The number of hydrogen-bond acceptors (Lipinski definition) is 5. The van der Waals surface area contributed by atoms with Crippen molar-refractivity contribution >= 4 is 0 Å². The zero-order valence-corrected chi connectivity index (χ0v) is 8.11. The average Bonchev–Trinajstić information content (AvgIpc) is 2.17. The Bertz CT molecular complexity index is 314. The fourth-order valence-electron chi connectivity index (χ4n) is 1.22. The lowest BCUT2D eigenvalue weighted by Gasteiger charge is -2.12. The quantitative estimate of drug-likeness (QED) is 0.701. The minimum absolute atomic E-state index is 0.0784. The summed E-state index contributed by atoms with van der Waals surface area (Å²) in [6.45, 7) is 0.147. The van der Waals surface area contributed by atoms with E-state index in [2.05, 4.69) is 4.84 Å². The Balaban J connectivity index is 3.17. The van der Waals surface area contributed by atoms with Crippen molar-refractivity contribution in [3.05, 3.63) is 17.7 Å². The summed E-state index contributed by atoms with van der Waals surface area (Å²) >= 11 is 0. The van der Waals surface area contributed by atoms with Gasteiger partial charge in [0.2, 0.25) is 0 Å². The number of phenols is 1. The molecule has 0 unspecified atom stereocenters.